The first kappa shape index (κ1) is 13.9. The lowest BCUT2D eigenvalue weighted by Gasteiger charge is -2.32. The van der Waals surface area contributed by atoms with Gasteiger partial charge in [-0.25, -0.2) is 13.4 Å². The summed E-state index contributed by atoms with van der Waals surface area (Å²) in [6, 6.07) is 0. The number of imidazole rings is 1. The van der Waals surface area contributed by atoms with Gasteiger partial charge in [-0.1, -0.05) is 5.92 Å². The normalized spacial score (nSPS) is 18.3. The smallest absolute Gasteiger partial charge is 0.262 e. The van der Waals surface area contributed by atoms with Crippen molar-refractivity contribution in [1.82, 2.24) is 18.8 Å². The highest BCUT2D eigenvalue weighted by atomic mass is 32.2. The first-order valence-corrected chi connectivity index (χ1v) is 7.33. The predicted molar refractivity (Wildman–Crippen MR) is 71.7 cm³/mol. The van der Waals surface area contributed by atoms with Crippen LogP contribution >= 0.6 is 0 Å². The molecule has 1 saturated heterocycles. The van der Waals surface area contributed by atoms with Crippen LogP contribution in [0.2, 0.25) is 0 Å². The van der Waals surface area contributed by atoms with Crippen LogP contribution in [0.1, 0.15) is 0 Å². The van der Waals surface area contributed by atoms with Crippen LogP contribution in [0, 0.1) is 12.3 Å². The second-order valence-corrected chi connectivity index (χ2v) is 6.28. The molecule has 0 amide bonds. The van der Waals surface area contributed by atoms with E-state index in [0.29, 0.717) is 32.7 Å². The number of hydrogen-bond donors (Lipinski definition) is 1. The number of nitrogens with two attached hydrogens (primary N) is 1. The van der Waals surface area contributed by atoms with Crippen LogP contribution in [-0.4, -0.2) is 59.9 Å². The molecule has 7 nitrogen and oxygen atoms in total. The summed E-state index contributed by atoms with van der Waals surface area (Å²) in [7, 11) is -1.97. The highest BCUT2D eigenvalue weighted by molar-refractivity contribution is 7.89. The molecule has 0 unspecified atom stereocenters. The number of aromatic nitrogens is 2. The van der Waals surface area contributed by atoms with Crippen molar-refractivity contribution in [2.75, 3.05) is 38.5 Å². The summed E-state index contributed by atoms with van der Waals surface area (Å²) in [5.74, 6) is 2.60. The van der Waals surface area contributed by atoms with E-state index in [1.165, 1.54) is 15.2 Å². The van der Waals surface area contributed by atoms with Crippen molar-refractivity contribution in [3.63, 3.8) is 0 Å². The molecule has 1 aromatic heterocycles. The average molecular weight is 283 g/mol. The quantitative estimate of drug-likeness (QED) is 0.715. The van der Waals surface area contributed by atoms with Crippen LogP contribution in [0.5, 0.6) is 0 Å². The van der Waals surface area contributed by atoms with Gasteiger partial charge < -0.3 is 10.3 Å². The predicted octanol–water partition coefficient (Wildman–Crippen LogP) is -1.06. The summed E-state index contributed by atoms with van der Waals surface area (Å²) in [5, 5.41) is 0.0536. The van der Waals surface area contributed by atoms with Crippen LogP contribution in [0.3, 0.4) is 0 Å². The van der Waals surface area contributed by atoms with E-state index < -0.39 is 10.0 Å². The number of terminal acetylenes is 1. The molecule has 0 bridgehead atoms. The standard InChI is InChI=1S/C11H17N5O2S/c1-3-4-15-5-7-16(8-6-15)19(17,18)11-10(12)13-9-14(11)2/h1,9H,4-8,12H2,2H3. The summed E-state index contributed by atoms with van der Waals surface area (Å²) < 4.78 is 27.8. The molecule has 8 heteroatoms. The van der Waals surface area contributed by atoms with Gasteiger partial charge in [0.25, 0.3) is 10.0 Å². The van der Waals surface area contributed by atoms with E-state index in [1.807, 2.05) is 4.90 Å². The Bertz CT molecular complexity index is 574. The van der Waals surface area contributed by atoms with Crippen LogP contribution in [-0.2, 0) is 17.1 Å². The number of sulfonamides is 1. The van der Waals surface area contributed by atoms with Gasteiger partial charge in [0.15, 0.2) is 10.8 Å². The Morgan fingerprint density at radius 1 is 1.42 bits per heavy atom. The van der Waals surface area contributed by atoms with Crippen LogP contribution in [0.4, 0.5) is 5.82 Å². The van der Waals surface area contributed by atoms with Gasteiger partial charge in [0.05, 0.1) is 12.9 Å². The van der Waals surface area contributed by atoms with E-state index in [1.54, 1.807) is 7.05 Å². The molecular weight excluding hydrogens is 266 g/mol. The van der Waals surface area contributed by atoms with Crippen LogP contribution < -0.4 is 5.73 Å². The Balaban J connectivity index is 2.17. The van der Waals surface area contributed by atoms with E-state index in [2.05, 4.69) is 10.9 Å². The lowest BCUT2D eigenvalue weighted by atomic mass is 10.4. The lowest BCUT2D eigenvalue weighted by molar-refractivity contribution is 0.206. The molecule has 0 aliphatic carbocycles. The van der Waals surface area contributed by atoms with E-state index in [0.717, 1.165) is 0 Å². The van der Waals surface area contributed by atoms with Crippen molar-refractivity contribution in [2.24, 2.45) is 7.05 Å². The molecule has 1 aromatic rings. The molecule has 0 saturated carbocycles. The molecule has 2 heterocycles. The number of nitrogens with zero attached hydrogens (tertiary/aromatic N) is 4. The molecule has 1 aliphatic rings. The molecular formula is C11H17N5O2S. The fourth-order valence-corrected chi connectivity index (χ4v) is 3.75. The van der Waals surface area contributed by atoms with Gasteiger partial charge in [-0.15, -0.1) is 6.42 Å². The fourth-order valence-electron chi connectivity index (χ4n) is 2.13. The Hall–Kier alpha value is -1.56. The Morgan fingerprint density at radius 3 is 2.53 bits per heavy atom. The van der Waals surface area contributed by atoms with Gasteiger partial charge in [-0.05, 0) is 0 Å². The summed E-state index contributed by atoms with van der Waals surface area (Å²) in [4.78, 5) is 5.86. The number of hydrogen-bond acceptors (Lipinski definition) is 5. The summed E-state index contributed by atoms with van der Waals surface area (Å²) in [5.41, 5.74) is 5.63. The minimum atomic E-state index is -3.59. The van der Waals surface area contributed by atoms with Gasteiger partial charge >= 0.3 is 0 Å². The summed E-state index contributed by atoms with van der Waals surface area (Å²) in [6.07, 6.45) is 6.64. The van der Waals surface area contributed by atoms with Gasteiger partial charge in [0, 0.05) is 33.2 Å². The van der Waals surface area contributed by atoms with E-state index in [4.69, 9.17) is 12.2 Å². The summed E-state index contributed by atoms with van der Waals surface area (Å²) >= 11 is 0. The third-order valence-corrected chi connectivity index (χ3v) is 5.17. The zero-order valence-corrected chi connectivity index (χ0v) is 11.6. The molecule has 0 spiro atoms. The third-order valence-electron chi connectivity index (χ3n) is 3.14. The van der Waals surface area contributed by atoms with Crippen molar-refractivity contribution < 1.29 is 8.42 Å². The Kier molecular flexibility index (Phi) is 3.80. The lowest BCUT2D eigenvalue weighted by Crippen LogP contribution is -2.48. The molecule has 2 rings (SSSR count). The SMILES string of the molecule is C#CCN1CCN(S(=O)(=O)c2c(N)ncn2C)CC1. The molecule has 104 valence electrons. The molecule has 1 aliphatic heterocycles. The highest BCUT2D eigenvalue weighted by Gasteiger charge is 2.32. The molecule has 1 fully saturated rings. The molecule has 2 N–H and O–H groups in total. The number of anilines is 1. The topological polar surface area (TPSA) is 84.5 Å². The second-order valence-electron chi connectivity index (χ2n) is 4.43. The van der Waals surface area contributed by atoms with E-state index >= 15 is 0 Å². The molecule has 0 atom stereocenters. The highest BCUT2D eigenvalue weighted by Crippen LogP contribution is 2.21. The zero-order valence-electron chi connectivity index (χ0n) is 10.8. The number of aryl methyl sites for hydroxylation is 1. The second kappa shape index (κ2) is 5.21. The van der Waals surface area contributed by atoms with Crippen molar-refractivity contribution in [1.29, 1.82) is 0 Å². The number of nitrogen functional groups attached to an aromatic ring is 1. The van der Waals surface area contributed by atoms with E-state index in [9.17, 15) is 8.42 Å². The monoisotopic (exact) mass is 283 g/mol. The van der Waals surface area contributed by atoms with Crippen molar-refractivity contribution in [3.05, 3.63) is 6.33 Å². The Labute approximate surface area is 113 Å². The Morgan fingerprint density at radius 2 is 2.05 bits per heavy atom. The maximum absolute atomic E-state index is 12.5. The zero-order chi connectivity index (χ0) is 14.0. The number of rotatable bonds is 3. The maximum Gasteiger partial charge on any atom is 0.262 e. The molecule has 0 aromatic carbocycles. The van der Waals surface area contributed by atoms with Gasteiger partial charge in [-0.3, -0.25) is 4.90 Å². The van der Waals surface area contributed by atoms with Crippen LogP contribution in [0.25, 0.3) is 0 Å². The third kappa shape index (κ3) is 2.58. The van der Waals surface area contributed by atoms with Crippen molar-refractivity contribution >= 4 is 15.8 Å². The van der Waals surface area contributed by atoms with Crippen molar-refractivity contribution in [2.45, 2.75) is 5.03 Å². The minimum absolute atomic E-state index is 0.0357. The average Bonchev–Trinajstić information content (AvgIpc) is 2.70. The van der Waals surface area contributed by atoms with Gasteiger partial charge in [0.2, 0.25) is 0 Å². The molecule has 19 heavy (non-hydrogen) atoms. The molecule has 0 radical (unpaired) electrons. The van der Waals surface area contributed by atoms with Gasteiger partial charge in [-0.2, -0.15) is 4.31 Å². The largest absolute Gasteiger partial charge is 0.381 e. The van der Waals surface area contributed by atoms with E-state index in [-0.39, 0.29) is 10.8 Å². The maximum atomic E-state index is 12.5. The first-order chi connectivity index (χ1) is 8.96. The summed E-state index contributed by atoms with van der Waals surface area (Å²) in [6.45, 7) is 2.62. The van der Waals surface area contributed by atoms with Gasteiger partial charge in [0.1, 0.15) is 0 Å². The van der Waals surface area contributed by atoms with Crippen molar-refractivity contribution in [3.8, 4) is 12.3 Å². The number of piperazine rings is 1. The minimum Gasteiger partial charge on any atom is -0.381 e. The van der Waals surface area contributed by atoms with Crippen LogP contribution in [0.15, 0.2) is 11.4 Å². The fraction of sp³-hybridized carbons (Fsp3) is 0.545. The first-order valence-electron chi connectivity index (χ1n) is 5.89.